The summed E-state index contributed by atoms with van der Waals surface area (Å²) in [5.74, 6) is -0.0900. The lowest BCUT2D eigenvalue weighted by atomic mass is 10.3. The summed E-state index contributed by atoms with van der Waals surface area (Å²) >= 11 is 3.16. The summed E-state index contributed by atoms with van der Waals surface area (Å²) < 4.78 is 7.77. The Kier molecular flexibility index (Phi) is 4.24. The predicted molar refractivity (Wildman–Crippen MR) is 99.9 cm³/mol. The van der Waals surface area contributed by atoms with E-state index in [0.717, 1.165) is 20.1 Å². The SMILES string of the molecule is CC(c1nc2ccccc2s1)N(C)Cn1nc(-c2cccs2)oc1=O. The molecule has 0 aliphatic carbocycles. The maximum Gasteiger partial charge on any atom is 0.438 e. The van der Waals surface area contributed by atoms with Crippen molar-refractivity contribution in [2.24, 2.45) is 0 Å². The molecule has 1 unspecified atom stereocenters. The summed E-state index contributed by atoms with van der Waals surface area (Å²) in [6.45, 7) is 2.41. The predicted octanol–water partition coefficient (Wildman–Crippen LogP) is 3.83. The lowest BCUT2D eigenvalue weighted by molar-refractivity contribution is 0.189. The van der Waals surface area contributed by atoms with E-state index in [-0.39, 0.29) is 6.04 Å². The minimum absolute atomic E-state index is 0.0613. The molecular weight excluding hydrogens is 356 g/mol. The zero-order valence-electron chi connectivity index (χ0n) is 13.7. The molecule has 0 saturated carbocycles. The fourth-order valence-electron chi connectivity index (χ4n) is 2.49. The number of thiophene rings is 1. The monoisotopic (exact) mass is 372 g/mol. The summed E-state index contributed by atoms with van der Waals surface area (Å²) in [5.41, 5.74) is 1.00. The fraction of sp³-hybridized carbons (Fsp3) is 0.235. The average molecular weight is 372 g/mol. The molecular formula is C17H16N4O2S2. The van der Waals surface area contributed by atoms with Gasteiger partial charge in [-0.3, -0.25) is 4.90 Å². The van der Waals surface area contributed by atoms with Crippen LogP contribution in [0, 0.1) is 0 Å². The number of thiazole rings is 1. The molecule has 1 aromatic carbocycles. The van der Waals surface area contributed by atoms with Crippen LogP contribution in [0.4, 0.5) is 0 Å². The number of hydrogen-bond donors (Lipinski definition) is 0. The summed E-state index contributed by atoms with van der Waals surface area (Å²) in [6.07, 6.45) is 0. The molecule has 0 amide bonds. The summed E-state index contributed by atoms with van der Waals surface area (Å²) in [4.78, 5) is 19.6. The van der Waals surface area contributed by atoms with E-state index in [2.05, 4.69) is 18.1 Å². The molecule has 6 nitrogen and oxygen atoms in total. The van der Waals surface area contributed by atoms with Crippen molar-refractivity contribution in [3.05, 3.63) is 57.3 Å². The zero-order valence-corrected chi connectivity index (χ0v) is 15.4. The van der Waals surface area contributed by atoms with Gasteiger partial charge in [0.15, 0.2) is 0 Å². The molecule has 0 spiro atoms. The molecule has 8 heteroatoms. The number of fused-ring (bicyclic) bond motifs is 1. The fourth-order valence-corrected chi connectivity index (χ4v) is 4.22. The third-order valence-electron chi connectivity index (χ3n) is 4.02. The van der Waals surface area contributed by atoms with Gasteiger partial charge in [-0.2, -0.15) is 4.68 Å². The van der Waals surface area contributed by atoms with E-state index in [1.54, 1.807) is 11.3 Å². The Balaban J connectivity index is 1.55. The highest BCUT2D eigenvalue weighted by Gasteiger charge is 2.19. The standard InChI is InChI=1S/C17H16N4O2S2/c1-11(16-18-12-6-3-4-7-13(12)25-16)20(2)10-21-17(22)23-15(19-21)14-8-5-9-24-14/h3-9,11H,10H2,1-2H3. The normalized spacial score (nSPS) is 12.9. The molecule has 0 aliphatic heterocycles. The minimum atomic E-state index is -0.452. The number of aromatic nitrogens is 3. The second kappa shape index (κ2) is 6.55. The number of benzene rings is 1. The number of para-hydroxylation sites is 1. The van der Waals surface area contributed by atoms with Gasteiger partial charge in [0, 0.05) is 0 Å². The minimum Gasteiger partial charge on any atom is -0.387 e. The summed E-state index contributed by atoms with van der Waals surface area (Å²) in [5, 5.41) is 7.24. The first kappa shape index (κ1) is 16.2. The van der Waals surface area contributed by atoms with Crippen LogP contribution in [0.5, 0.6) is 0 Å². The maximum absolute atomic E-state index is 12.1. The molecule has 1 atom stereocenters. The summed E-state index contributed by atoms with van der Waals surface area (Å²) in [7, 11) is 1.95. The Morgan fingerprint density at radius 1 is 1.28 bits per heavy atom. The average Bonchev–Trinajstić information content (AvgIpc) is 3.33. The lowest BCUT2D eigenvalue weighted by Gasteiger charge is -2.21. The van der Waals surface area contributed by atoms with E-state index >= 15 is 0 Å². The topological polar surface area (TPSA) is 64.2 Å². The molecule has 3 aromatic heterocycles. The van der Waals surface area contributed by atoms with Crippen molar-refractivity contribution < 1.29 is 4.42 Å². The van der Waals surface area contributed by atoms with Crippen molar-refractivity contribution in [2.75, 3.05) is 7.05 Å². The molecule has 128 valence electrons. The quantitative estimate of drug-likeness (QED) is 0.533. The van der Waals surface area contributed by atoms with Crippen LogP contribution in [0.15, 0.2) is 51.0 Å². The molecule has 0 aliphatic rings. The molecule has 0 saturated heterocycles. The molecule has 4 aromatic rings. The van der Waals surface area contributed by atoms with Crippen LogP contribution >= 0.6 is 22.7 Å². The maximum atomic E-state index is 12.1. The van der Waals surface area contributed by atoms with Crippen LogP contribution in [-0.2, 0) is 6.67 Å². The number of rotatable bonds is 5. The van der Waals surface area contributed by atoms with Crippen LogP contribution in [0.1, 0.15) is 18.0 Å². The molecule has 0 fully saturated rings. The largest absolute Gasteiger partial charge is 0.438 e. The lowest BCUT2D eigenvalue weighted by Crippen LogP contribution is -2.30. The Hall–Kier alpha value is -2.29. The van der Waals surface area contributed by atoms with E-state index in [4.69, 9.17) is 9.40 Å². The van der Waals surface area contributed by atoms with Gasteiger partial charge in [-0.15, -0.1) is 27.8 Å². The molecule has 0 radical (unpaired) electrons. The van der Waals surface area contributed by atoms with E-state index in [0.29, 0.717) is 12.6 Å². The van der Waals surface area contributed by atoms with E-state index in [9.17, 15) is 4.79 Å². The van der Waals surface area contributed by atoms with Gasteiger partial charge in [-0.1, -0.05) is 18.2 Å². The van der Waals surface area contributed by atoms with Crippen LogP contribution in [0.3, 0.4) is 0 Å². The van der Waals surface area contributed by atoms with Gasteiger partial charge in [0.05, 0.1) is 21.1 Å². The Labute approximate surface area is 152 Å². The van der Waals surface area contributed by atoms with Crippen molar-refractivity contribution in [1.29, 1.82) is 0 Å². The Bertz CT molecular complexity index is 1020. The highest BCUT2D eigenvalue weighted by Crippen LogP contribution is 2.29. The first-order chi connectivity index (χ1) is 12.1. The van der Waals surface area contributed by atoms with Crippen molar-refractivity contribution in [3.63, 3.8) is 0 Å². The van der Waals surface area contributed by atoms with Crippen molar-refractivity contribution in [2.45, 2.75) is 19.6 Å². The smallest absolute Gasteiger partial charge is 0.387 e. The molecule has 25 heavy (non-hydrogen) atoms. The van der Waals surface area contributed by atoms with Crippen LogP contribution in [0.25, 0.3) is 21.0 Å². The third kappa shape index (κ3) is 3.15. The number of hydrogen-bond acceptors (Lipinski definition) is 7. The highest BCUT2D eigenvalue weighted by molar-refractivity contribution is 7.18. The molecule has 4 rings (SSSR count). The van der Waals surface area contributed by atoms with Gasteiger partial charge in [0.2, 0.25) is 0 Å². The number of nitrogens with zero attached hydrogens (tertiary/aromatic N) is 4. The second-order valence-electron chi connectivity index (χ2n) is 5.74. The highest BCUT2D eigenvalue weighted by atomic mass is 32.1. The molecule has 3 heterocycles. The van der Waals surface area contributed by atoms with Gasteiger partial charge < -0.3 is 4.42 Å². The van der Waals surface area contributed by atoms with Crippen LogP contribution < -0.4 is 5.76 Å². The Morgan fingerprint density at radius 2 is 2.12 bits per heavy atom. The third-order valence-corrected chi connectivity index (χ3v) is 6.09. The van der Waals surface area contributed by atoms with Gasteiger partial charge in [0.1, 0.15) is 11.7 Å². The molecule has 0 bridgehead atoms. The van der Waals surface area contributed by atoms with Crippen molar-refractivity contribution in [3.8, 4) is 10.8 Å². The van der Waals surface area contributed by atoms with E-state index in [1.165, 1.54) is 16.0 Å². The van der Waals surface area contributed by atoms with Gasteiger partial charge in [-0.25, -0.2) is 9.78 Å². The van der Waals surface area contributed by atoms with E-state index in [1.807, 2.05) is 47.7 Å². The van der Waals surface area contributed by atoms with Gasteiger partial charge in [-0.05, 0) is 37.6 Å². The Morgan fingerprint density at radius 3 is 2.88 bits per heavy atom. The first-order valence-corrected chi connectivity index (χ1v) is 9.49. The van der Waals surface area contributed by atoms with Gasteiger partial charge >= 0.3 is 5.76 Å². The zero-order chi connectivity index (χ0) is 17.4. The van der Waals surface area contributed by atoms with Crippen molar-refractivity contribution in [1.82, 2.24) is 19.7 Å². The first-order valence-electron chi connectivity index (χ1n) is 7.79. The molecule has 0 N–H and O–H groups in total. The van der Waals surface area contributed by atoms with Crippen molar-refractivity contribution >= 4 is 32.9 Å². The van der Waals surface area contributed by atoms with E-state index < -0.39 is 5.76 Å². The summed E-state index contributed by atoms with van der Waals surface area (Å²) in [6, 6.07) is 11.9. The van der Waals surface area contributed by atoms with Crippen LogP contribution in [-0.4, -0.2) is 26.7 Å². The van der Waals surface area contributed by atoms with Crippen LogP contribution in [0.2, 0.25) is 0 Å². The van der Waals surface area contributed by atoms with Gasteiger partial charge in [0.25, 0.3) is 5.89 Å². The second-order valence-corrected chi connectivity index (χ2v) is 7.75.